The van der Waals surface area contributed by atoms with Crippen molar-refractivity contribution in [3.8, 4) is 5.75 Å². The highest BCUT2D eigenvalue weighted by Crippen LogP contribution is 2.27. The quantitative estimate of drug-likeness (QED) is 0.865. The summed E-state index contributed by atoms with van der Waals surface area (Å²) >= 11 is 5.88. The van der Waals surface area contributed by atoms with Crippen molar-refractivity contribution in [1.29, 1.82) is 0 Å². The Hall–Kier alpha value is -2.05. The second-order valence-corrected chi connectivity index (χ2v) is 7.32. The molecule has 0 aromatic heterocycles. The van der Waals surface area contributed by atoms with Gasteiger partial charge in [-0.25, -0.2) is 8.42 Å². The number of sulfone groups is 1. The lowest BCUT2D eigenvalue weighted by molar-refractivity contribution is -0.115. The normalized spacial score (nSPS) is 11.0. The first-order chi connectivity index (χ1) is 10.9. The lowest BCUT2D eigenvalue weighted by Crippen LogP contribution is -2.17. The molecule has 0 saturated heterocycles. The van der Waals surface area contributed by atoms with E-state index in [1.165, 1.54) is 19.2 Å². The third-order valence-electron chi connectivity index (χ3n) is 3.14. The molecule has 0 aliphatic rings. The van der Waals surface area contributed by atoms with Gasteiger partial charge in [-0.05, 0) is 30.3 Å². The van der Waals surface area contributed by atoms with Crippen LogP contribution in [0.4, 0.5) is 5.69 Å². The van der Waals surface area contributed by atoms with Gasteiger partial charge in [-0.15, -0.1) is 0 Å². The van der Waals surface area contributed by atoms with Crippen molar-refractivity contribution < 1.29 is 17.9 Å². The molecule has 5 nitrogen and oxygen atoms in total. The van der Waals surface area contributed by atoms with Gasteiger partial charge in [0, 0.05) is 11.4 Å². The molecule has 0 unspecified atom stereocenters. The summed E-state index contributed by atoms with van der Waals surface area (Å²) in [6.07, 6.45) is -0.160. The highest BCUT2D eigenvalue weighted by molar-refractivity contribution is 7.91. The summed E-state index contributed by atoms with van der Waals surface area (Å²) in [5.41, 5.74) is 0.405. The molecule has 23 heavy (non-hydrogen) atoms. The molecule has 1 amide bonds. The van der Waals surface area contributed by atoms with Gasteiger partial charge in [-0.2, -0.15) is 0 Å². The van der Waals surface area contributed by atoms with Crippen molar-refractivity contribution in [2.75, 3.05) is 18.2 Å². The van der Waals surface area contributed by atoms with Gasteiger partial charge in [0.25, 0.3) is 0 Å². The zero-order chi connectivity index (χ0) is 16.9. The Balaban J connectivity index is 2.02. The number of hydrogen-bond acceptors (Lipinski definition) is 4. The molecular weight excluding hydrogens is 338 g/mol. The maximum Gasteiger partial charge on any atom is 0.225 e. The minimum absolute atomic E-state index is 0.160. The van der Waals surface area contributed by atoms with E-state index in [-0.39, 0.29) is 17.1 Å². The first-order valence-electron chi connectivity index (χ1n) is 6.83. The molecule has 0 radical (unpaired) electrons. The monoisotopic (exact) mass is 353 g/mol. The Morgan fingerprint density at radius 1 is 1.17 bits per heavy atom. The summed E-state index contributed by atoms with van der Waals surface area (Å²) < 4.78 is 29.4. The van der Waals surface area contributed by atoms with Crippen LogP contribution in [0.3, 0.4) is 0 Å². The molecule has 0 aliphatic heterocycles. The zero-order valence-corrected chi connectivity index (χ0v) is 14.0. The summed E-state index contributed by atoms with van der Waals surface area (Å²) in [7, 11) is -2.02. The maximum atomic E-state index is 12.1. The van der Waals surface area contributed by atoms with Crippen molar-refractivity contribution in [3.05, 3.63) is 53.6 Å². The second-order valence-electron chi connectivity index (χ2n) is 4.77. The van der Waals surface area contributed by atoms with E-state index in [1.54, 1.807) is 36.4 Å². The van der Waals surface area contributed by atoms with E-state index in [1.807, 2.05) is 0 Å². The van der Waals surface area contributed by atoms with Gasteiger partial charge in [-0.3, -0.25) is 4.79 Å². The number of carbonyl (C=O) groups is 1. The first kappa shape index (κ1) is 17.3. The standard InChI is InChI=1S/C16H16ClNO4S/c1-22-15-8-7-12(17)11-14(15)18-16(19)9-10-23(20,21)13-5-3-2-4-6-13/h2-8,11H,9-10H2,1H3,(H,18,19). The van der Waals surface area contributed by atoms with Crippen LogP contribution in [0, 0.1) is 0 Å². The fraction of sp³-hybridized carbons (Fsp3) is 0.188. The highest BCUT2D eigenvalue weighted by atomic mass is 35.5. The third kappa shape index (κ3) is 4.71. The number of benzene rings is 2. The summed E-state index contributed by atoms with van der Waals surface area (Å²) in [5, 5.41) is 3.06. The highest BCUT2D eigenvalue weighted by Gasteiger charge is 2.17. The van der Waals surface area contributed by atoms with Gasteiger partial charge < -0.3 is 10.1 Å². The summed E-state index contributed by atoms with van der Waals surface area (Å²) in [6, 6.07) is 12.8. The predicted molar refractivity (Wildman–Crippen MR) is 89.7 cm³/mol. The number of amides is 1. The smallest absolute Gasteiger partial charge is 0.225 e. The molecular formula is C16H16ClNO4S. The minimum Gasteiger partial charge on any atom is -0.495 e. The number of carbonyl (C=O) groups excluding carboxylic acids is 1. The molecule has 2 rings (SSSR count). The van der Waals surface area contributed by atoms with Crippen molar-refractivity contribution in [3.63, 3.8) is 0 Å². The molecule has 0 bridgehead atoms. The number of hydrogen-bond donors (Lipinski definition) is 1. The topological polar surface area (TPSA) is 72.5 Å². The Bertz CT molecular complexity index is 791. The number of rotatable bonds is 6. The molecule has 0 saturated carbocycles. The van der Waals surface area contributed by atoms with E-state index < -0.39 is 15.7 Å². The van der Waals surface area contributed by atoms with Crippen LogP contribution in [0.2, 0.25) is 5.02 Å². The van der Waals surface area contributed by atoms with Crippen LogP contribution in [0.15, 0.2) is 53.4 Å². The number of ether oxygens (including phenoxy) is 1. The summed E-state index contributed by atoms with van der Waals surface area (Å²) in [4.78, 5) is 12.2. The molecule has 122 valence electrons. The maximum absolute atomic E-state index is 12.1. The molecule has 0 fully saturated rings. The average Bonchev–Trinajstić information content (AvgIpc) is 2.54. The largest absolute Gasteiger partial charge is 0.495 e. The molecule has 2 aromatic carbocycles. The number of halogens is 1. The SMILES string of the molecule is COc1ccc(Cl)cc1NC(=O)CCS(=O)(=O)c1ccccc1. The van der Waals surface area contributed by atoms with Crippen LogP contribution in [-0.2, 0) is 14.6 Å². The van der Waals surface area contributed by atoms with Gasteiger partial charge in [0.15, 0.2) is 9.84 Å². The fourth-order valence-electron chi connectivity index (χ4n) is 1.96. The molecule has 0 spiro atoms. The lowest BCUT2D eigenvalue weighted by Gasteiger charge is -2.10. The second kappa shape index (κ2) is 7.48. The van der Waals surface area contributed by atoms with Crippen molar-refractivity contribution in [1.82, 2.24) is 0 Å². The van der Waals surface area contributed by atoms with Crippen molar-refractivity contribution in [2.45, 2.75) is 11.3 Å². The van der Waals surface area contributed by atoms with E-state index in [0.29, 0.717) is 16.5 Å². The third-order valence-corrected chi connectivity index (χ3v) is 5.10. The van der Waals surface area contributed by atoms with Gasteiger partial charge in [0.05, 0.1) is 23.4 Å². The van der Waals surface area contributed by atoms with Crippen LogP contribution in [0.5, 0.6) is 5.75 Å². The Labute approximate surface area is 140 Å². The molecule has 0 atom stereocenters. The zero-order valence-electron chi connectivity index (χ0n) is 12.5. The first-order valence-corrected chi connectivity index (χ1v) is 8.86. The van der Waals surface area contributed by atoms with Crippen molar-refractivity contribution in [2.24, 2.45) is 0 Å². The van der Waals surface area contributed by atoms with Crippen LogP contribution >= 0.6 is 11.6 Å². The molecule has 1 N–H and O–H groups in total. The van der Waals surface area contributed by atoms with Crippen LogP contribution in [0.1, 0.15) is 6.42 Å². The van der Waals surface area contributed by atoms with Crippen LogP contribution in [0.25, 0.3) is 0 Å². The molecule has 2 aromatic rings. The minimum atomic E-state index is -3.49. The lowest BCUT2D eigenvalue weighted by atomic mass is 10.3. The number of nitrogens with one attached hydrogen (secondary N) is 1. The fourth-order valence-corrected chi connectivity index (χ4v) is 3.40. The Morgan fingerprint density at radius 2 is 1.87 bits per heavy atom. The Morgan fingerprint density at radius 3 is 2.52 bits per heavy atom. The summed E-state index contributed by atoms with van der Waals surface area (Å²) in [6.45, 7) is 0. The summed E-state index contributed by atoms with van der Waals surface area (Å²) in [5.74, 6) is -0.245. The van der Waals surface area contributed by atoms with E-state index in [2.05, 4.69) is 5.32 Å². The van der Waals surface area contributed by atoms with Crippen LogP contribution < -0.4 is 10.1 Å². The van der Waals surface area contributed by atoms with E-state index in [0.717, 1.165) is 0 Å². The number of anilines is 1. The predicted octanol–water partition coefficient (Wildman–Crippen LogP) is 3.15. The van der Waals surface area contributed by atoms with E-state index in [9.17, 15) is 13.2 Å². The van der Waals surface area contributed by atoms with Crippen LogP contribution in [-0.4, -0.2) is 27.2 Å². The van der Waals surface area contributed by atoms with Gasteiger partial charge >= 0.3 is 0 Å². The van der Waals surface area contributed by atoms with Gasteiger partial charge in [-0.1, -0.05) is 29.8 Å². The van der Waals surface area contributed by atoms with E-state index >= 15 is 0 Å². The average molecular weight is 354 g/mol. The molecule has 0 heterocycles. The Kier molecular flexibility index (Phi) is 5.63. The van der Waals surface area contributed by atoms with Gasteiger partial charge in [0.1, 0.15) is 5.75 Å². The molecule has 0 aliphatic carbocycles. The van der Waals surface area contributed by atoms with Crippen molar-refractivity contribution >= 4 is 33.0 Å². The molecule has 7 heteroatoms. The van der Waals surface area contributed by atoms with Gasteiger partial charge in [0.2, 0.25) is 5.91 Å². The number of methoxy groups -OCH3 is 1. The van der Waals surface area contributed by atoms with E-state index in [4.69, 9.17) is 16.3 Å².